The first-order chi connectivity index (χ1) is 6.06. The van der Waals surface area contributed by atoms with Crippen molar-refractivity contribution >= 4 is 11.9 Å². The standard InChI is InChI=1S/C8H13NO4/c1-5(10)9-4-6(13-2)3-7(9)8(11)12/h6-7H,3-4H2,1-2H3,(H,11,12)/t6-,7-/m1/s1. The van der Waals surface area contributed by atoms with Gasteiger partial charge in [0.05, 0.1) is 6.10 Å². The van der Waals surface area contributed by atoms with Crippen LogP contribution in [0.25, 0.3) is 0 Å². The molecule has 5 nitrogen and oxygen atoms in total. The number of carbonyl (C=O) groups excluding carboxylic acids is 1. The van der Waals surface area contributed by atoms with Crippen LogP contribution >= 0.6 is 0 Å². The molecular weight excluding hydrogens is 174 g/mol. The Bertz CT molecular complexity index is 206. The second kappa shape index (κ2) is 3.74. The van der Waals surface area contributed by atoms with Crippen LogP contribution in [0.2, 0.25) is 0 Å². The summed E-state index contributed by atoms with van der Waals surface area (Å²) in [4.78, 5) is 23.1. The van der Waals surface area contributed by atoms with E-state index in [0.29, 0.717) is 13.0 Å². The van der Waals surface area contributed by atoms with Crippen molar-refractivity contribution in [2.24, 2.45) is 0 Å². The number of methoxy groups -OCH3 is 1. The summed E-state index contributed by atoms with van der Waals surface area (Å²) in [6.45, 7) is 1.75. The zero-order valence-electron chi connectivity index (χ0n) is 7.69. The average molecular weight is 187 g/mol. The molecule has 1 saturated heterocycles. The first-order valence-electron chi connectivity index (χ1n) is 4.09. The Kier molecular flexibility index (Phi) is 2.87. The maximum Gasteiger partial charge on any atom is 0.326 e. The molecule has 0 unspecified atom stereocenters. The van der Waals surface area contributed by atoms with E-state index >= 15 is 0 Å². The summed E-state index contributed by atoms with van der Waals surface area (Å²) < 4.78 is 5.01. The molecule has 1 fully saturated rings. The maximum absolute atomic E-state index is 11.0. The Hall–Kier alpha value is -1.10. The van der Waals surface area contributed by atoms with Crippen LogP contribution < -0.4 is 0 Å². The summed E-state index contributed by atoms with van der Waals surface area (Å²) in [6, 6.07) is -0.720. The van der Waals surface area contributed by atoms with Gasteiger partial charge >= 0.3 is 5.97 Å². The van der Waals surface area contributed by atoms with Crippen LogP contribution in [-0.4, -0.2) is 47.7 Å². The van der Waals surface area contributed by atoms with Crippen molar-refractivity contribution in [2.75, 3.05) is 13.7 Å². The highest BCUT2D eigenvalue weighted by molar-refractivity contribution is 5.83. The molecule has 13 heavy (non-hydrogen) atoms. The number of likely N-dealkylation sites (tertiary alicyclic amines) is 1. The summed E-state index contributed by atoms with van der Waals surface area (Å²) in [7, 11) is 1.52. The van der Waals surface area contributed by atoms with Crippen molar-refractivity contribution in [3.05, 3.63) is 0 Å². The van der Waals surface area contributed by atoms with E-state index in [9.17, 15) is 9.59 Å². The lowest BCUT2D eigenvalue weighted by Gasteiger charge is -2.18. The number of aliphatic carboxylic acids is 1. The van der Waals surface area contributed by atoms with E-state index in [0.717, 1.165) is 0 Å². The summed E-state index contributed by atoms with van der Waals surface area (Å²) in [5.74, 6) is -1.18. The summed E-state index contributed by atoms with van der Waals surface area (Å²) in [5, 5.41) is 8.80. The molecular formula is C8H13NO4. The van der Waals surface area contributed by atoms with Gasteiger partial charge in [0.2, 0.25) is 5.91 Å². The Morgan fingerprint density at radius 1 is 1.54 bits per heavy atom. The van der Waals surface area contributed by atoms with Gasteiger partial charge < -0.3 is 14.7 Å². The van der Waals surface area contributed by atoms with Crippen LogP contribution in [0.3, 0.4) is 0 Å². The first kappa shape index (κ1) is 9.98. The number of hydrogen-bond donors (Lipinski definition) is 1. The van der Waals surface area contributed by atoms with Crippen LogP contribution in [0.4, 0.5) is 0 Å². The van der Waals surface area contributed by atoms with Gasteiger partial charge in [0, 0.05) is 27.0 Å². The minimum atomic E-state index is -0.963. The molecule has 0 aromatic rings. The van der Waals surface area contributed by atoms with Crippen molar-refractivity contribution in [3.63, 3.8) is 0 Å². The fraction of sp³-hybridized carbons (Fsp3) is 0.750. The summed E-state index contributed by atoms with van der Waals surface area (Å²) in [6.07, 6.45) is 0.232. The summed E-state index contributed by atoms with van der Waals surface area (Å²) >= 11 is 0. The van der Waals surface area contributed by atoms with Crippen molar-refractivity contribution in [1.29, 1.82) is 0 Å². The highest BCUT2D eigenvalue weighted by Crippen LogP contribution is 2.19. The molecule has 5 heteroatoms. The van der Waals surface area contributed by atoms with Crippen LogP contribution in [0.15, 0.2) is 0 Å². The molecule has 1 aliphatic rings. The lowest BCUT2D eigenvalue weighted by atomic mass is 10.2. The van der Waals surface area contributed by atoms with Gasteiger partial charge in [0.15, 0.2) is 0 Å². The molecule has 74 valence electrons. The van der Waals surface area contributed by atoms with Gasteiger partial charge in [-0.3, -0.25) is 4.79 Å². The molecule has 1 amide bonds. The quantitative estimate of drug-likeness (QED) is 0.645. The SMILES string of the molecule is CO[C@@H]1C[C@H](C(=O)O)N(C(C)=O)C1. The van der Waals surface area contributed by atoms with E-state index in [1.54, 1.807) is 0 Å². The normalized spacial score (nSPS) is 27.7. The molecule has 0 aromatic heterocycles. The smallest absolute Gasteiger partial charge is 0.326 e. The van der Waals surface area contributed by atoms with Crippen LogP contribution in [0.5, 0.6) is 0 Å². The molecule has 1 N–H and O–H groups in total. The lowest BCUT2D eigenvalue weighted by Crippen LogP contribution is -2.39. The third kappa shape index (κ3) is 1.98. The number of carboxylic acid groups (broad SMARTS) is 1. The Morgan fingerprint density at radius 2 is 2.15 bits per heavy atom. The van der Waals surface area contributed by atoms with Gasteiger partial charge in [-0.25, -0.2) is 4.79 Å². The van der Waals surface area contributed by atoms with E-state index in [4.69, 9.17) is 9.84 Å². The zero-order valence-corrected chi connectivity index (χ0v) is 7.69. The molecule has 2 atom stereocenters. The van der Waals surface area contributed by atoms with Crippen molar-refractivity contribution < 1.29 is 19.4 Å². The monoisotopic (exact) mass is 187 g/mol. The second-order valence-electron chi connectivity index (χ2n) is 3.12. The molecule has 0 radical (unpaired) electrons. The third-order valence-electron chi connectivity index (χ3n) is 2.29. The molecule has 0 bridgehead atoms. The number of amides is 1. The van der Waals surface area contributed by atoms with Crippen molar-refractivity contribution in [2.45, 2.75) is 25.5 Å². The number of ether oxygens (including phenoxy) is 1. The van der Waals surface area contributed by atoms with E-state index < -0.39 is 12.0 Å². The fourth-order valence-corrected chi connectivity index (χ4v) is 1.55. The van der Waals surface area contributed by atoms with Gasteiger partial charge in [-0.15, -0.1) is 0 Å². The second-order valence-corrected chi connectivity index (χ2v) is 3.12. The minimum Gasteiger partial charge on any atom is -0.480 e. The third-order valence-corrected chi connectivity index (χ3v) is 2.29. The van der Waals surface area contributed by atoms with E-state index in [1.807, 2.05) is 0 Å². The number of hydrogen-bond acceptors (Lipinski definition) is 3. The number of carbonyl (C=O) groups is 2. The maximum atomic E-state index is 11.0. The Balaban J connectivity index is 2.71. The Labute approximate surface area is 76.3 Å². The van der Waals surface area contributed by atoms with Gasteiger partial charge in [0.25, 0.3) is 0 Å². The van der Waals surface area contributed by atoms with Crippen molar-refractivity contribution in [3.8, 4) is 0 Å². The Morgan fingerprint density at radius 3 is 2.46 bits per heavy atom. The zero-order chi connectivity index (χ0) is 10.0. The number of nitrogens with zero attached hydrogens (tertiary/aromatic N) is 1. The van der Waals surface area contributed by atoms with E-state index in [-0.39, 0.29) is 12.0 Å². The van der Waals surface area contributed by atoms with E-state index in [1.165, 1.54) is 18.9 Å². The summed E-state index contributed by atoms with van der Waals surface area (Å²) in [5.41, 5.74) is 0. The van der Waals surface area contributed by atoms with E-state index in [2.05, 4.69) is 0 Å². The largest absolute Gasteiger partial charge is 0.480 e. The van der Waals surface area contributed by atoms with Gasteiger partial charge in [0.1, 0.15) is 6.04 Å². The topological polar surface area (TPSA) is 66.8 Å². The van der Waals surface area contributed by atoms with Crippen LogP contribution in [-0.2, 0) is 14.3 Å². The fourth-order valence-electron chi connectivity index (χ4n) is 1.55. The minimum absolute atomic E-state index is 0.148. The lowest BCUT2D eigenvalue weighted by molar-refractivity contribution is -0.147. The predicted molar refractivity (Wildman–Crippen MR) is 44.2 cm³/mol. The molecule has 0 spiro atoms. The average Bonchev–Trinajstić information content (AvgIpc) is 2.47. The highest BCUT2D eigenvalue weighted by atomic mass is 16.5. The van der Waals surface area contributed by atoms with Gasteiger partial charge in [-0.1, -0.05) is 0 Å². The molecule has 0 aromatic carbocycles. The molecule has 1 rings (SSSR count). The number of rotatable bonds is 2. The van der Waals surface area contributed by atoms with Crippen LogP contribution in [0, 0.1) is 0 Å². The van der Waals surface area contributed by atoms with Crippen LogP contribution in [0.1, 0.15) is 13.3 Å². The number of carboxylic acids is 1. The highest BCUT2D eigenvalue weighted by Gasteiger charge is 2.38. The first-order valence-corrected chi connectivity index (χ1v) is 4.09. The van der Waals surface area contributed by atoms with Crippen molar-refractivity contribution in [1.82, 2.24) is 4.90 Å². The van der Waals surface area contributed by atoms with Gasteiger partial charge in [-0.2, -0.15) is 0 Å². The molecule has 1 heterocycles. The van der Waals surface area contributed by atoms with Gasteiger partial charge in [-0.05, 0) is 0 Å². The molecule has 0 aliphatic carbocycles. The predicted octanol–water partition coefficient (Wildman–Crippen LogP) is -0.293. The molecule has 0 saturated carbocycles. The molecule has 1 aliphatic heterocycles.